The van der Waals surface area contributed by atoms with Crippen molar-refractivity contribution in [2.75, 3.05) is 7.11 Å². The lowest BCUT2D eigenvalue weighted by molar-refractivity contribution is 0.395. The van der Waals surface area contributed by atoms with Crippen LogP contribution in [0.1, 0.15) is 20.3 Å². The molecule has 0 aromatic heterocycles. The van der Waals surface area contributed by atoms with Crippen LogP contribution < -0.4 is 0 Å². The molecule has 0 radical (unpaired) electrons. The van der Waals surface area contributed by atoms with Gasteiger partial charge in [-0.2, -0.15) is 0 Å². The fraction of sp³-hybridized carbons (Fsp3) is 0.571. The highest BCUT2D eigenvalue weighted by atomic mass is 35.5. The van der Waals surface area contributed by atoms with Gasteiger partial charge in [0.1, 0.15) is 0 Å². The van der Waals surface area contributed by atoms with Gasteiger partial charge in [0.25, 0.3) is 0 Å². The van der Waals surface area contributed by atoms with E-state index in [2.05, 4.69) is 4.51 Å². The number of allylic oxidation sites excluding steroid dienone is 1. The van der Waals surface area contributed by atoms with Crippen molar-refractivity contribution in [2.45, 2.75) is 20.3 Å². The summed E-state index contributed by atoms with van der Waals surface area (Å²) in [5, 5.41) is 0. The molecule has 2 nitrogen and oxygen atoms in total. The number of halogens is 1. The Hall–Kier alpha value is -0.500. The molecule has 0 unspecified atom stereocenters. The second-order valence-corrected chi connectivity index (χ2v) is 2.16. The van der Waals surface area contributed by atoms with Gasteiger partial charge < -0.3 is 4.74 Å². The first-order valence-electron chi connectivity index (χ1n) is 3.08. The Balaban J connectivity index is 3.88. The van der Waals surface area contributed by atoms with E-state index in [1.54, 1.807) is 7.11 Å². The molecule has 0 aliphatic heterocycles. The molecule has 3 heteroatoms. The zero-order valence-corrected chi connectivity index (χ0v) is 7.27. The summed E-state index contributed by atoms with van der Waals surface area (Å²) >= 11 is 5.20. The van der Waals surface area contributed by atoms with E-state index < -0.39 is 0 Å². The molecule has 0 aliphatic carbocycles. The van der Waals surface area contributed by atoms with Gasteiger partial charge in [-0.1, -0.05) is 11.6 Å². The molecule has 0 aromatic carbocycles. The maximum Gasteiger partial charge on any atom is 0.204 e. The zero-order chi connectivity index (χ0) is 7.98. The van der Waals surface area contributed by atoms with Gasteiger partial charge in [0, 0.05) is 18.2 Å². The van der Waals surface area contributed by atoms with Crippen molar-refractivity contribution in [2.24, 2.45) is 4.51 Å². The Morgan fingerprint density at radius 2 is 2.30 bits per heavy atom. The molecule has 0 rings (SSSR count). The van der Waals surface area contributed by atoms with Crippen LogP contribution in [0.3, 0.4) is 0 Å². The highest BCUT2D eigenvalue weighted by Gasteiger charge is 1.97. The van der Waals surface area contributed by atoms with Gasteiger partial charge in [0.05, 0.1) is 7.11 Å². The predicted octanol–water partition coefficient (Wildman–Crippen LogP) is 2.54. The van der Waals surface area contributed by atoms with Crippen LogP contribution in [0.25, 0.3) is 0 Å². The largest absolute Gasteiger partial charge is 0.483 e. The van der Waals surface area contributed by atoms with Crippen molar-refractivity contribution < 1.29 is 4.74 Å². The van der Waals surface area contributed by atoms with Crippen molar-refractivity contribution in [3.05, 3.63) is 11.6 Å². The van der Waals surface area contributed by atoms with Crippen molar-refractivity contribution >= 4 is 17.7 Å². The molecule has 0 atom stereocenters. The van der Waals surface area contributed by atoms with Crippen LogP contribution >= 0.6 is 11.8 Å². The first-order chi connectivity index (χ1) is 4.74. The monoisotopic (exact) mass is 161 g/mol. The summed E-state index contributed by atoms with van der Waals surface area (Å²) in [5.74, 6) is 0.553. The molecule has 58 valence electrons. The Morgan fingerprint density at radius 3 is 2.60 bits per heavy atom. The highest BCUT2D eigenvalue weighted by Crippen LogP contribution is 2.02. The van der Waals surface area contributed by atoms with Gasteiger partial charge in [0.2, 0.25) is 5.90 Å². The minimum absolute atomic E-state index is 0.553. The highest BCUT2D eigenvalue weighted by molar-refractivity contribution is 6.19. The smallest absolute Gasteiger partial charge is 0.204 e. The van der Waals surface area contributed by atoms with E-state index in [1.807, 2.05) is 19.9 Å². The maximum atomic E-state index is 5.20. The third kappa shape index (κ3) is 3.51. The lowest BCUT2D eigenvalue weighted by Crippen LogP contribution is -1.99. The molecule has 0 saturated heterocycles. The molecule has 0 N–H and O–H groups in total. The van der Waals surface area contributed by atoms with Gasteiger partial charge in [-0.25, -0.2) is 0 Å². The van der Waals surface area contributed by atoms with Crippen molar-refractivity contribution in [3.8, 4) is 0 Å². The van der Waals surface area contributed by atoms with Crippen LogP contribution in [0.5, 0.6) is 0 Å². The number of rotatable bonds is 2. The summed E-state index contributed by atoms with van der Waals surface area (Å²) in [4.78, 5) is 0. The number of nitrogens with zero attached hydrogens (tertiary/aromatic N) is 1. The van der Waals surface area contributed by atoms with E-state index >= 15 is 0 Å². The van der Waals surface area contributed by atoms with Crippen LogP contribution in [-0.2, 0) is 4.74 Å². The van der Waals surface area contributed by atoms with E-state index in [9.17, 15) is 0 Å². The summed E-state index contributed by atoms with van der Waals surface area (Å²) in [7, 11) is 1.56. The summed E-state index contributed by atoms with van der Waals surface area (Å²) in [5.41, 5.74) is 1.20. The van der Waals surface area contributed by atoms with E-state index in [4.69, 9.17) is 16.5 Å². The SMILES string of the molecule is C/C=C(\C)C/C(=N\Cl)OC. The molecule has 0 bridgehead atoms. The molecule has 0 amide bonds. The van der Waals surface area contributed by atoms with Crippen molar-refractivity contribution in [1.29, 1.82) is 0 Å². The van der Waals surface area contributed by atoms with Gasteiger partial charge in [-0.15, -0.1) is 4.51 Å². The standard InChI is InChI=1S/C7H12ClNO/c1-4-6(2)5-7(9-8)10-3/h4H,5H2,1-3H3/b6-4+,9-7+. The average Bonchev–Trinajstić information content (AvgIpc) is 1.99. The normalized spacial score (nSPS) is 13.6. The zero-order valence-electron chi connectivity index (χ0n) is 6.52. The van der Waals surface area contributed by atoms with Crippen molar-refractivity contribution in [3.63, 3.8) is 0 Å². The van der Waals surface area contributed by atoms with E-state index in [0.717, 1.165) is 0 Å². The first kappa shape index (κ1) is 9.50. The second-order valence-electron chi connectivity index (χ2n) is 1.99. The van der Waals surface area contributed by atoms with Crippen LogP contribution in [0.15, 0.2) is 16.2 Å². The van der Waals surface area contributed by atoms with Crippen molar-refractivity contribution in [1.82, 2.24) is 0 Å². The molecule has 0 aliphatic rings. The summed E-state index contributed by atoms with van der Waals surface area (Å²) in [6, 6.07) is 0. The minimum Gasteiger partial charge on any atom is -0.483 e. The maximum absolute atomic E-state index is 5.20. The number of ether oxygens (including phenoxy) is 1. The molecule has 0 saturated carbocycles. The molecule has 0 fully saturated rings. The van der Waals surface area contributed by atoms with Gasteiger partial charge in [0.15, 0.2) is 0 Å². The predicted molar refractivity (Wildman–Crippen MR) is 44.3 cm³/mol. The first-order valence-corrected chi connectivity index (χ1v) is 3.42. The Bertz CT molecular complexity index is 152. The molecule has 0 spiro atoms. The molecule has 10 heavy (non-hydrogen) atoms. The minimum atomic E-state index is 0.553. The molecular formula is C7H12ClNO. The fourth-order valence-electron chi connectivity index (χ4n) is 0.477. The van der Waals surface area contributed by atoms with Crippen LogP contribution in [0.2, 0.25) is 0 Å². The van der Waals surface area contributed by atoms with Gasteiger partial charge >= 0.3 is 0 Å². The summed E-state index contributed by atoms with van der Waals surface area (Å²) in [6.45, 7) is 3.97. The molecular weight excluding hydrogens is 150 g/mol. The Kier molecular flexibility index (Phi) is 5.03. The second kappa shape index (κ2) is 5.30. The number of hydrogen-bond donors (Lipinski definition) is 0. The number of methoxy groups -OCH3 is 1. The number of hydrogen-bond acceptors (Lipinski definition) is 2. The quantitative estimate of drug-likeness (QED) is 0.347. The topological polar surface area (TPSA) is 21.6 Å². The van der Waals surface area contributed by atoms with Crippen LogP contribution in [-0.4, -0.2) is 13.0 Å². The lowest BCUT2D eigenvalue weighted by atomic mass is 10.2. The van der Waals surface area contributed by atoms with Gasteiger partial charge in [-0.05, 0) is 13.8 Å². The Morgan fingerprint density at radius 1 is 1.70 bits per heavy atom. The van der Waals surface area contributed by atoms with E-state index in [0.29, 0.717) is 12.3 Å². The van der Waals surface area contributed by atoms with Crippen LogP contribution in [0, 0.1) is 0 Å². The van der Waals surface area contributed by atoms with E-state index in [-0.39, 0.29) is 0 Å². The van der Waals surface area contributed by atoms with Gasteiger partial charge in [-0.3, -0.25) is 0 Å². The Labute approximate surface area is 66.7 Å². The summed E-state index contributed by atoms with van der Waals surface area (Å²) < 4.78 is 8.27. The van der Waals surface area contributed by atoms with Crippen LogP contribution in [0.4, 0.5) is 0 Å². The van der Waals surface area contributed by atoms with E-state index in [1.165, 1.54) is 5.57 Å². The third-order valence-electron chi connectivity index (χ3n) is 1.25. The lowest BCUT2D eigenvalue weighted by Gasteiger charge is -2.01. The fourth-order valence-corrected chi connectivity index (χ4v) is 0.606. The molecule has 0 heterocycles. The summed E-state index contributed by atoms with van der Waals surface area (Å²) in [6.07, 6.45) is 2.69. The third-order valence-corrected chi connectivity index (χ3v) is 1.44. The molecule has 0 aromatic rings. The average molecular weight is 162 g/mol.